The Morgan fingerprint density at radius 2 is 2.20 bits per heavy atom. The van der Waals surface area contributed by atoms with E-state index >= 15 is 0 Å². The number of carbonyl (C=O) groups excluding carboxylic acids is 1. The van der Waals surface area contributed by atoms with Crippen LogP contribution >= 0.6 is 0 Å². The number of nitrogens with one attached hydrogen (secondary N) is 1. The third kappa shape index (κ3) is 2.99. The molecule has 5 heteroatoms. The lowest BCUT2D eigenvalue weighted by Crippen LogP contribution is -2.60. The number of carbonyl (C=O) groups is 1. The maximum absolute atomic E-state index is 13.8. The highest BCUT2D eigenvalue weighted by Crippen LogP contribution is 2.17. The van der Waals surface area contributed by atoms with Gasteiger partial charge in [-0.05, 0) is 18.1 Å². The van der Waals surface area contributed by atoms with Gasteiger partial charge in [0.15, 0.2) is 0 Å². The standard InChI is InChI=1S/C15H21FN2O2/c1-10(2)14-8-18(11(9-19)7-17-14)15(20)12-5-3-4-6-13(12)16/h3-6,10-11,14,17,19H,7-9H2,1-2H3. The number of hydrogen-bond acceptors (Lipinski definition) is 3. The van der Waals surface area contributed by atoms with E-state index in [9.17, 15) is 14.3 Å². The lowest BCUT2D eigenvalue weighted by Gasteiger charge is -2.41. The first kappa shape index (κ1) is 14.9. The quantitative estimate of drug-likeness (QED) is 0.876. The van der Waals surface area contributed by atoms with E-state index in [1.165, 1.54) is 12.1 Å². The number of amides is 1. The van der Waals surface area contributed by atoms with Gasteiger partial charge in [0, 0.05) is 19.1 Å². The number of halogens is 1. The number of hydrogen-bond donors (Lipinski definition) is 2. The molecule has 0 aliphatic carbocycles. The summed E-state index contributed by atoms with van der Waals surface area (Å²) in [6.45, 7) is 5.03. The van der Waals surface area contributed by atoms with E-state index in [-0.39, 0.29) is 30.2 Å². The molecular weight excluding hydrogens is 259 g/mol. The van der Waals surface area contributed by atoms with Crippen LogP contribution in [0.2, 0.25) is 0 Å². The first-order valence-electron chi connectivity index (χ1n) is 6.94. The molecule has 1 fully saturated rings. The summed E-state index contributed by atoms with van der Waals surface area (Å²) in [5.74, 6) is -0.506. The van der Waals surface area contributed by atoms with Gasteiger partial charge in [0.05, 0.1) is 18.2 Å². The van der Waals surface area contributed by atoms with Crippen LogP contribution in [-0.4, -0.2) is 47.7 Å². The highest BCUT2D eigenvalue weighted by molar-refractivity contribution is 5.94. The Bertz CT molecular complexity index is 479. The molecule has 110 valence electrons. The van der Waals surface area contributed by atoms with Crippen molar-refractivity contribution in [3.63, 3.8) is 0 Å². The fourth-order valence-electron chi connectivity index (χ4n) is 2.47. The summed E-state index contributed by atoms with van der Waals surface area (Å²) in [5, 5.41) is 12.7. The molecular formula is C15H21FN2O2. The molecule has 0 spiro atoms. The highest BCUT2D eigenvalue weighted by Gasteiger charge is 2.33. The fourth-order valence-corrected chi connectivity index (χ4v) is 2.47. The average molecular weight is 280 g/mol. The van der Waals surface area contributed by atoms with E-state index < -0.39 is 5.82 Å². The third-order valence-corrected chi connectivity index (χ3v) is 3.83. The molecule has 0 aromatic heterocycles. The highest BCUT2D eigenvalue weighted by atomic mass is 19.1. The van der Waals surface area contributed by atoms with Crippen molar-refractivity contribution in [2.45, 2.75) is 25.9 Å². The maximum Gasteiger partial charge on any atom is 0.257 e. The second-order valence-electron chi connectivity index (χ2n) is 5.53. The van der Waals surface area contributed by atoms with Crippen molar-refractivity contribution in [3.05, 3.63) is 35.6 Å². The number of piperazine rings is 1. The summed E-state index contributed by atoms with van der Waals surface area (Å²) in [7, 11) is 0. The van der Waals surface area contributed by atoms with Gasteiger partial charge in [0.1, 0.15) is 5.82 Å². The molecule has 1 saturated heterocycles. The predicted octanol–water partition coefficient (Wildman–Crippen LogP) is 1.26. The van der Waals surface area contributed by atoms with Crippen LogP contribution in [-0.2, 0) is 0 Å². The Morgan fingerprint density at radius 3 is 2.80 bits per heavy atom. The van der Waals surface area contributed by atoms with Crippen molar-refractivity contribution in [2.75, 3.05) is 19.7 Å². The lowest BCUT2D eigenvalue weighted by molar-refractivity contribution is 0.0430. The Morgan fingerprint density at radius 1 is 1.50 bits per heavy atom. The molecule has 2 rings (SSSR count). The van der Waals surface area contributed by atoms with Crippen molar-refractivity contribution < 1.29 is 14.3 Å². The van der Waals surface area contributed by atoms with Gasteiger partial charge in [-0.1, -0.05) is 26.0 Å². The first-order chi connectivity index (χ1) is 9.54. The molecule has 0 saturated carbocycles. The SMILES string of the molecule is CC(C)C1CN(C(=O)c2ccccc2F)C(CO)CN1. The Hall–Kier alpha value is -1.46. The Labute approximate surface area is 118 Å². The molecule has 0 bridgehead atoms. The van der Waals surface area contributed by atoms with E-state index in [1.54, 1.807) is 17.0 Å². The van der Waals surface area contributed by atoms with Crippen LogP contribution in [0.5, 0.6) is 0 Å². The number of nitrogens with zero attached hydrogens (tertiary/aromatic N) is 1. The molecule has 2 atom stereocenters. The second kappa shape index (κ2) is 6.33. The minimum atomic E-state index is -0.520. The van der Waals surface area contributed by atoms with E-state index in [1.807, 2.05) is 0 Å². The maximum atomic E-state index is 13.8. The van der Waals surface area contributed by atoms with Crippen LogP contribution in [0.1, 0.15) is 24.2 Å². The zero-order valence-electron chi connectivity index (χ0n) is 11.8. The van der Waals surface area contributed by atoms with Gasteiger partial charge >= 0.3 is 0 Å². The summed E-state index contributed by atoms with van der Waals surface area (Å²) in [6, 6.07) is 5.82. The third-order valence-electron chi connectivity index (χ3n) is 3.83. The number of aliphatic hydroxyl groups is 1. The molecule has 2 unspecified atom stereocenters. The molecule has 0 radical (unpaired) electrons. The Balaban J connectivity index is 2.23. The minimum Gasteiger partial charge on any atom is -0.394 e. The summed E-state index contributed by atoms with van der Waals surface area (Å²) >= 11 is 0. The van der Waals surface area contributed by atoms with Crippen LogP contribution in [0.25, 0.3) is 0 Å². The zero-order valence-corrected chi connectivity index (χ0v) is 11.8. The van der Waals surface area contributed by atoms with Gasteiger partial charge in [-0.2, -0.15) is 0 Å². The normalized spacial score (nSPS) is 23.1. The van der Waals surface area contributed by atoms with E-state index in [0.717, 1.165) is 0 Å². The van der Waals surface area contributed by atoms with Gasteiger partial charge in [-0.25, -0.2) is 4.39 Å². The lowest BCUT2D eigenvalue weighted by atomic mass is 9.98. The number of rotatable bonds is 3. The smallest absolute Gasteiger partial charge is 0.257 e. The number of benzene rings is 1. The van der Waals surface area contributed by atoms with Crippen molar-refractivity contribution in [2.24, 2.45) is 5.92 Å². The fraction of sp³-hybridized carbons (Fsp3) is 0.533. The van der Waals surface area contributed by atoms with E-state index in [2.05, 4.69) is 19.2 Å². The Kier molecular flexibility index (Phi) is 4.73. The average Bonchev–Trinajstić information content (AvgIpc) is 2.46. The van der Waals surface area contributed by atoms with Crippen LogP contribution in [0.4, 0.5) is 4.39 Å². The summed E-state index contributed by atoms with van der Waals surface area (Å²) < 4.78 is 13.8. The summed E-state index contributed by atoms with van der Waals surface area (Å²) in [5.41, 5.74) is 0.0651. The molecule has 1 aromatic carbocycles. The van der Waals surface area contributed by atoms with Crippen LogP contribution in [0.3, 0.4) is 0 Å². The van der Waals surface area contributed by atoms with E-state index in [0.29, 0.717) is 19.0 Å². The molecule has 4 nitrogen and oxygen atoms in total. The van der Waals surface area contributed by atoms with Gasteiger partial charge in [-0.15, -0.1) is 0 Å². The van der Waals surface area contributed by atoms with Crippen LogP contribution in [0.15, 0.2) is 24.3 Å². The molecule has 1 aliphatic rings. The summed E-state index contributed by atoms with van der Waals surface area (Å²) in [6.07, 6.45) is 0. The molecule has 2 N–H and O–H groups in total. The molecule has 1 aliphatic heterocycles. The minimum absolute atomic E-state index is 0.0651. The number of aliphatic hydroxyl groups excluding tert-OH is 1. The largest absolute Gasteiger partial charge is 0.394 e. The van der Waals surface area contributed by atoms with Gasteiger partial charge in [0.2, 0.25) is 0 Å². The molecule has 1 amide bonds. The molecule has 1 aromatic rings. The van der Waals surface area contributed by atoms with E-state index in [4.69, 9.17) is 0 Å². The van der Waals surface area contributed by atoms with Crippen molar-refractivity contribution in [3.8, 4) is 0 Å². The molecule has 20 heavy (non-hydrogen) atoms. The van der Waals surface area contributed by atoms with Crippen molar-refractivity contribution in [1.82, 2.24) is 10.2 Å². The van der Waals surface area contributed by atoms with Gasteiger partial charge in [0.25, 0.3) is 5.91 Å². The molecule has 1 heterocycles. The summed E-state index contributed by atoms with van der Waals surface area (Å²) in [4.78, 5) is 14.1. The zero-order chi connectivity index (χ0) is 14.7. The predicted molar refractivity (Wildman–Crippen MR) is 74.9 cm³/mol. The first-order valence-corrected chi connectivity index (χ1v) is 6.94. The van der Waals surface area contributed by atoms with Crippen LogP contribution in [0, 0.1) is 11.7 Å². The second-order valence-corrected chi connectivity index (χ2v) is 5.53. The topological polar surface area (TPSA) is 52.6 Å². The van der Waals surface area contributed by atoms with Gasteiger partial charge < -0.3 is 15.3 Å². The van der Waals surface area contributed by atoms with Crippen molar-refractivity contribution >= 4 is 5.91 Å². The monoisotopic (exact) mass is 280 g/mol. The van der Waals surface area contributed by atoms with Gasteiger partial charge in [-0.3, -0.25) is 4.79 Å². The van der Waals surface area contributed by atoms with Crippen LogP contribution < -0.4 is 5.32 Å². The van der Waals surface area contributed by atoms with Crippen molar-refractivity contribution in [1.29, 1.82) is 0 Å².